The van der Waals surface area contributed by atoms with Gasteiger partial charge in [-0.3, -0.25) is 0 Å². The molecule has 3 N–H and O–H groups in total. The second-order valence-corrected chi connectivity index (χ2v) is 7.23. The van der Waals surface area contributed by atoms with Crippen LogP contribution in [0.25, 0.3) is 22.3 Å². The van der Waals surface area contributed by atoms with Crippen LogP contribution in [0.4, 0.5) is 0 Å². The zero-order valence-corrected chi connectivity index (χ0v) is 15.7. The summed E-state index contributed by atoms with van der Waals surface area (Å²) in [5.41, 5.74) is 6.50. The van der Waals surface area contributed by atoms with E-state index >= 15 is 0 Å². The van der Waals surface area contributed by atoms with Crippen LogP contribution in [0, 0.1) is 0 Å². The van der Waals surface area contributed by atoms with Gasteiger partial charge in [-0.1, -0.05) is 92.7 Å². The lowest BCUT2D eigenvalue weighted by Gasteiger charge is -2.11. The van der Waals surface area contributed by atoms with Crippen molar-refractivity contribution in [1.29, 1.82) is 0 Å². The van der Waals surface area contributed by atoms with Gasteiger partial charge in [0.1, 0.15) is 0 Å². The molecule has 0 unspecified atom stereocenters. The smallest absolute Gasteiger partial charge is 0.303 e. The molecule has 0 aliphatic heterocycles. The molecule has 4 nitrogen and oxygen atoms in total. The maximum atomic E-state index is 8.88. The van der Waals surface area contributed by atoms with Gasteiger partial charge in [0.25, 0.3) is 0 Å². The monoisotopic (exact) mass is 370 g/mol. The van der Waals surface area contributed by atoms with Crippen molar-refractivity contribution in [3.63, 3.8) is 0 Å². The number of benzene rings is 3. The molecule has 0 atom stereocenters. The van der Waals surface area contributed by atoms with Gasteiger partial charge >= 0.3 is 7.82 Å². The maximum Gasteiger partial charge on any atom is 0.466 e. The molecule has 0 radical (unpaired) electrons. The van der Waals surface area contributed by atoms with E-state index in [1.54, 1.807) is 0 Å². The van der Waals surface area contributed by atoms with Crippen LogP contribution in [-0.4, -0.2) is 14.7 Å². The van der Waals surface area contributed by atoms with Crippen molar-refractivity contribution in [3.05, 3.63) is 84.4 Å². The van der Waals surface area contributed by atoms with E-state index in [4.69, 9.17) is 19.2 Å². The zero-order valence-electron chi connectivity index (χ0n) is 14.8. The van der Waals surface area contributed by atoms with Crippen LogP contribution in [0.15, 0.2) is 78.9 Å². The molecule has 0 bridgehead atoms. The highest BCUT2D eigenvalue weighted by atomic mass is 31.2. The highest BCUT2D eigenvalue weighted by molar-refractivity contribution is 7.45. The van der Waals surface area contributed by atoms with E-state index in [2.05, 4.69) is 92.7 Å². The van der Waals surface area contributed by atoms with E-state index in [9.17, 15) is 0 Å². The highest BCUT2D eigenvalue weighted by Gasteiger charge is 2.07. The average molecular weight is 370 g/mol. The van der Waals surface area contributed by atoms with Gasteiger partial charge in [0.2, 0.25) is 0 Å². The van der Waals surface area contributed by atoms with Crippen LogP contribution in [0.5, 0.6) is 0 Å². The highest BCUT2D eigenvalue weighted by Crippen LogP contribution is 2.32. The van der Waals surface area contributed by atoms with Crippen molar-refractivity contribution in [2.45, 2.75) is 19.8 Å². The topological polar surface area (TPSA) is 77.8 Å². The third kappa shape index (κ3) is 6.25. The van der Waals surface area contributed by atoms with Crippen LogP contribution in [0.3, 0.4) is 0 Å². The molecule has 0 heterocycles. The molecule has 136 valence electrons. The van der Waals surface area contributed by atoms with Crippen LogP contribution < -0.4 is 0 Å². The summed E-state index contributed by atoms with van der Waals surface area (Å²) in [6.45, 7) is 4.46. The summed E-state index contributed by atoms with van der Waals surface area (Å²) < 4.78 is 8.88. The second kappa shape index (κ2) is 8.93. The predicted octanol–water partition coefficient (Wildman–Crippen LogP) is 5.22. The minimum absolute atomic E-state index is 0.573. The first-order chi connectivity index (χ1) is 12.3. The molecule has 5 heteroatoms. The Morgan fingerprint density at radius 3 is 1.46 bits per heavy atom. The third-order valence-electron chi connectivity index (χ3n) is 3.90. The van der Waals surface area contributed by atoms with Gasteiger partial charge in [0.15, 0.2) is 0 Å². The standard InChI is InChI=1S/C21H20.H3O4P/c1-16(2)17-12-14-19(15-13-17)21-11-7-6-10-20(21)18-8-4-3-5-9-18;1-5(2,3)4/h3-16H,1-2H3;(H3,1,2,3,4). The van der Waals surface area contributed by atoms with E-state index in [1.807, 2.05) is 0 Å². The summed E-state index contributed by atoms with van der Waals surface area (Å²) >= 11 is 0. The summed E-state index contributed by atoms with van der Waals surface area (Å²) in [5, 5.41) is 0. The summed E-state index contributed by atoms with van der Waals surface area (Å²) in [6.07, 6.45) is 0. The van der Waals surface area contributed by atoms with Crippen molar-refractivity contribution in [1.82, 2.24) is 0 Å². The molecule has 0 saturated heterocycles. The maximum absolute atomic E-state index is 8.88. The first-order valence-electron chi connectivity index (χ1n) is 8.29. The second-order valence-electron chi connectivity index (χ2n) is 6.20. The van der Waals surface area contributed by atoms with Gasteiger partial charge in [0, 0.05) is 0 Å². The van der Waals surface area contributed by atoms with Crippen molar-refractivity contribution < 1.29 is 19.2 Å². The summed E-state index contributed by atoms with van der Waals surface area (Å²) in [6, 6.07) is 28.1. The Morgan fingerprint density at radius 1 is 0.654 bits per heavy atom. The van der Waals surface area contributed by atoms with Gasteiger partial charge in [-0.05, 0) is 33.7 Å². The lowest BCUT2D eigenvalue weighted by atomic mass is 9.93. The summed E-state index contributed by atoms with van der Waals surface area (Å²) in [7, 11) is -4.64. The molecule has 0 spiro atoms. The fourth-order valence-corrected chi connectivity index (χ4v) is 2.65. The van der Waals surface area contributed by atoms with Crippen molar-refractivity contribution in [2.75, 3.05) is 0 Å². The van der Waals surface area contributed by atoms with E-state index in [0.29, 0.717) is 5.92 Å². The molecule has 0 fully saturated rings. The Labute approximate surface area is 154 Å². The minimum Gasteiger partial charge on any atom is -0.303 e. The molecular weight excluding hydrogens is 347 g/mol. The van der Waals surface area contributed by atoms with Gasteiger partial charge in [-0.2, -0.15) is 0 Å². The molecular formula is C21H23O4P. The van der Waals surface area contributed by atoms with E-state index in [-0.39, 0.29) is 0 Å². The fraction of sp³-hybridized carbons (Fsp3) is 0.143. The third-order valence-corrected chi connectivity index (χ3v) is 3.90. The van der Waals surface area contributed by atoms with Crippen LogP contribution in [0.2, 0.25) is 0 Å². The Balaban J connectivity index is 0.000000431. The van der Waals surface area contributed by atoms with Crippen LogP contribution in [0.1, 0.15) is 25.3 Å². The molecule has 0 saturated carbocycles. The van der Waals surface area contributed by atoms with Crippen molar-refractivity contribution in [2.24, 2.45) is 0 Å². The van der Waals surface area contributed by atoms with E-state index < -0.39 is 7.82 Å². The van der Waals surface area contributed by atoms with Gasteiger partial charge < -0.3 is 14.7 Å². The number of hydrogen-bond acceptors (Lipinski definition) is 1. The first kappa shape index (κ1) is 20.1. The quantitative estimate of drug-likeness (QED) is 0.553. The Morgan fingerprint density at radius 2 is 1.04 bits per heavy atom. The molecule has 26 heavy (non-hydrogen) atoms. The lowest BCUT2D eigenvalue weighted by molar-refractivity contribution is 0.275. The average Bonchev–Trinajstić information content (AvgIpc) is 2.61. The summed E-state index contributed by atoms with van der Waals surface area (Å²) in [5.74, 6) is 0.573. The zero-order chi connectivity index (χ0) is 19.2. The molecule has 0 amide bonds. The Bertz CT molecular complexity index is 860. The molecule has 0 aromatic heterocycles. The van der Waals surface area contributed by atoms with Crippen molar-refractivity contribution >= 4 is 7.82 Å². The predicted molar refractivity (Wildman–Crippen MR) is 106 cm³/mol. The summed E-state index contributed by atoms with van der Waals surface area (Å²) in [4.78, 5) is 21.6. The molecule has 3 aromatic carbocycles. The molecule has 3 aromatic rings. The lowest BCUT2D eigenvalue weighted by Crippen LogP contribution is -1.88. The molecule has 3 rings (SSSR count). The Kier molecular flexibility index (Phi) is 6.90. The number of hydrogen-bond donors (Lipinski definition) is 3. The largest absolute Gasteiger partial charge is 0.466 e. The number of phosphoric acid groups is 1. The number of rotatable bonds is 3. The molecule has 0 aliphatic carbocycles. The normalized spacial score (nSPS) is 11.0. The van der Waals surface area contributed by atoms with Crippen molar-refractivity contribution in [3.8, 4) is 22.3 Å². The fourth-order valence-electron chi connectivity index (χ4n) is 2.65. The van der Waals surface area contributed by atoms with E-state index in [1.165, 1.54) is 27.8 Å². The van der Waals surface area contributed by atoms with Gasteiger partial charge in [-0.25, -0.2) is 4.57 Å². The van der Waals surface area contributed by atoms with Crippen LogP contribution in [-0.2, 0) is 4.57 Å². The first-order valence-corrected chi connectivity index (χ1v) is 9.85. The van der Waals surface area contributed by atoms with Gasteiger partial charge in [-0.15, -0.1) is 0 Å². The van der Waals surface area contributed by atoms with Gasteiger partial charge in [0.05, 0.1) is 0 Å². The SMILES string of the molecule is CC(C)c1ccc(-c2ccccc2-c2ccccc2)cc1.O=P(O)(O)O. The minimum atomic E-state index is -4.64. The molecule has 0 aliphatic rings. The Hall–Kier alpha value is -2.23. The van der Waals surface area contributed by atoms with E-state index in [0.717, 1.165) is 0 Å². The van der Waals surface area contributed by atoms with Crippen LogP contribution >= 0.6 is 7.82 Å².